The average molecular weight is 508 g/mol. The van der Waals surface area contributed by atoms with E-state index in [1.54, 1.807) is 17.9 Å². The molecule has 1 aliphatic heterocycles. The molecule has 0 bridgehead atoms. The second kappa shape index (κ2) is 12.8. The third-order valence-corrected chi connectivity index (χ3v) is 6.85. The SMILES string of the molecule is Cc1cnnn1N[C@H](Cc1ccc(-c2ccccc2)cc1)C[C@@](C)(CO)C(=O)OCCN1CCOCC1. The first-order valence-corrected chi connectivity index (χ1v) is 12.8. The van der Waals surface area contributed by atoms with Crippen molar-refractivity contribution < 1.29 is 19.4 Å². The van der Waals surface area contributed by atoms with E-state index in [4.69, 9.17) is 9.47 Å². The van der Waals surface area contributed by atoms with Crippen LogP contribution >= 0.6 is 0 Å². The minimum Gasteiger partial charge on any atom is -0.464 e. The van der Waals surface area contributed by atoms with E-state index in [0.29, 0.717) is 32.6 Å². The molecule has 0 saturated carbocycles. The normalized spacial score (nSPS) is 16.6. The molecular weight excluding hydrogens is 470 g/mol. The number of hydrogen-bond acceptors (Lipinski definition) is 8. The molecule has 9 heteroatoms. The highest BCUT2D eigenvalue weighted by Crippen LogP contribution is 2.27. The molecule has 2 aromatic carbocycles. The molecule has 1 aliphatic rings. The molecule has 0 spiro atoms. The van der Waals surface area contributed by atoms with E-state index in [1.807, 2.05) is 25.1 Å². The van der Waals surface area contributed by atoms with Gasteiger partial charge in [0.15, 0.2) is 0 Å². The predicted molar refractivity (Wildman–Crippen MR) is 142 cm³/mol. The van der Waals surface area contributed by atoms with Gasteiger partial charge in [-0.15, -0.1) is 5.10 Å². The molecule has 4 rings (SSSR count). The summed E-state index contributed by atoms with van der Waals surface area (Å²) in [5.41, 5.74) is 6.57. The van der Waals surface area contributed by atoms with Crippen LogP contribution in [0.5, 0.6) is 0 Å². The van der Waals surface area contributed by atoms with Crippen LogP contribution in [-0.2, 0) is 20.7 Å². The summed E-state index contributed by atoms with van der Waals surface area (Å²) < 4.78 is 11.0. The lowest BCUT2D eigenvalue weighted by molar-refractivity contribution is -0.158. The second-order valence-corrected chi connectivity index (χ2v) is 9.89. The summed E-state index contributed by atoms with van der Waals surface area (Å²) in [6.45, 7) is 7.36. The number of aliphatic hydroxyl groups is 1. The number of rotatable bonds is 12. The molecule has 9 nitrogen and oxygen atoms in total. The van der Waals surface area contributed by atoms with Gasteiger partial charge in [0.1, 0.15) is 6.61 Å². The fourth-order valence-corrected chi connectivity index (χ4v) is 4.52. The summed E-state index contributed by atoms with van der Waals surface area (Å²) in [6, 6.07) is 18.4. The van der Waals surface area contributed by atoms with Crippen LogP contribution in [0.25, 0.3) is 11.1 Å². The maximum absolute atomic E-state index is 13.1. The van der Waals surface area contributed by atoms with Crippen molar-refractivity contribution in [1.82, 2.24) is 20.0 Å². The number of aliphatic hydroxyl groups excluding tert-OH is 1. The first-order chi connectivity index (χ1) is 18.0. The lowest BCUT2D eigenvalue weighted by atomic mass is 9.82. The highest BCUT2D eigenvalue weighted by Gasteiger charge is 2.37. The number of aromatic nitrogens is 3. The van der Waals surface area contributed by atoms with E-state index in [-0.39, 0.29) is 19.3 Å². The summed E-state index contributed by atoms with van der Waals surface area (Å²) in [4.78, 5) is 16.9. The Kier molecular flexibility index (Phi) is 9.27. The maximum atomic E-state index is 13.1. The molecule has 1 fully saturated rings. The second-order valence-electron chi connectivity index (χ2n) is 9.89. The fraction of sp³-hybridized carbons (Fsp3) is 0.464. The van der Waals surface area contributed by atoms with Crippen molar-refractivity contribution in [1.29, 1.82) is 0 Å². The quantitative estimate of drug-likeness (QED) is 0.361. The number of esters is 1. The van der Waals surface area contributed by atoms with E-state index >= 15 is 0 Å². The number of nitrogens with zero attached hydrogens (tertiary/aromatic N) is 4. The Balaban J connectivity index is 1.43. The number of hydrogen-bond donors (Lipinski definition) is 2. The first kappa shape index (κ1) is 26.8. The predicted octanol–water partition coefficient (Wildman–Crippen LogP) is 2.67. The van der Waals surface area contributed by atoms with Crippen LogP contribution in [0, 0.1) is 12.3 Å². The van der Waals surface area contributed by atoms with Crippen LogP contribution in [0.3, 0.4) is 0 Å². The number of carbonyl (C=O) groups excluding carboxylic acids is 1. The minimum atomic E-state index is -1.07. The number of benzene rings is 2. The highest BCUT2D eigenvalue weighted by molar-refractivity contribution is 5.76. The molecule has 1 saturated heterocycles. The van der Waals surface area contributed by atoms with Gasteiger partial charge in [0.25, 0.3) is 0 Å². The summed E-state index contributed by atoms with van der Waals surface area (Å²) in [5.74, 6) is -0.398. The van der Waals surface area contributed by atoms with Gasteiger partial charge in [0, 0.05) is 25.7 Å². The van der Waals surface area contributed by atoms with Crippen LogP contribution in [-0.4, -0.2) is 83.2 Å². The van der Waals surface area contributed by atoms with Crippen molar-refractivity contribution in [2.24, 2.45) is 5.41 Å². The Bertz CT molecular complexity index is 1120. The lowest BCUT2D eigenvalue weighted by Gasteiger charge is -2.31. The van der Waals surface area contributed by atoms with Gasteiger partial charge in [-0.3, -0.25) is 9.69 Å². The summed E-state index contributed by atoms with van der Waals surface area (Å²) in [7, 11) is 0. The van der Waals surface area contributed by atoms with Gasteiger partial charge in [0.05, 0.1) is 37.1 Å². The van der Waals surface area contributed by atoms with E-state index in [0.717, 1.165) is 35.5 Å². The summed E-state index contributed by atoms with van der Waals surface area (Å²) >= 11 is 0. The Hall–Kier alpha value is -3.27. The van der Waals surface area contributed by atoms with Gasteiger partial charge in [-0.05, 0) is 48.6 Å². The van der Waals surface area contributed by atoms with Crippen LogP contribution < -0.4 is 5.43 Å². The van der Waals surface area contributed by atoms with Crippen molar-refractivity contribution in [3.63, 3.8) is 0 Å². The average Bonchev–Trinajstić information content (AvgIpc) is 3.34. The molecule has 1 aromatic heterocycles. The van der Waals surface area contributed by atoms with Gasteiger partial charge >= 0.3 is 5.97 Å². The van der Waals surface area contributed by atoms with Gasteiger partial charge in [-0.1, -0.05) is 54.6 Å². The van der Waals surface area contributed by atoms with E-state index in [9.17, 15) is 9.90 Å². The number of morpholine rings is 1. The molecule has 0 radical (unpaired) electrons. The van der Waals surface area contributed by atoms with E-state index in [1.165, 1.54) is 0 Å². The Morgan fingerprint density at radius 3 is 2.49 bits per heavy atom. The first-order valence-electron chi connectivity index (χ1n) is 12.8. The smallest absolute Gasteiger partial charge is 0.314 e. The highest BCUT2D eigenvalue weighted by atomic mass is 16.5. The molecule has 0 unspecified atom stereocenters. The largest absolute Gasteiger partial charge is 0.464 e. The zero-order chi connectivity index (χ0) is 26.1. The molecule has 3 aromatic rings. The number of nitrogens with one attached hydrogen (secondary N) is 1. The summed E-state index contributed by atoms with van der Waals surface area (Å²) in [6.07, 6.45) is 2.66. The molecule has 2 N–H and O–H groups in total. The van der Waals surface area contributed by atoms with Gasteiger partial charge < -0.3 is 20.0 Å². The van der Waals surface area contributed by atoms with Crippen molar-refractivity contribution in [3.05, 3.63) is 72.1 Å². The Morgan fingerprint density at radius 1 is 1.14 bits per heavy atom. The van der Waals surface area contributed by atoms with E-state index < -0.39 is 11.4 Å². The van der Waals surface area contributed by atoms with Crippen LogP contribution in [0.4, 0.5) is 0 Å². The summed E-state index contributed by atoms with van der Waals surface area (Å²) in [5, 5.41) is 18.3. The number of ether oxygens (including phenoxy) is 2. The monoisotopic (exact) mass is 507 g/mol. The Morgan fingerprint density at radius 2 is 1.84 bits per heavy atom. The number of carbonyl (C=O) groups is 1. The van der Waals surface area contributed by atoms with Gasteiger partial charge in [-0.2, -0.15) is 4.79 Å². The molecule has 198 valence electrons. The van der Waals surface area contributed by atoms with Gasteiger partial charge in [-0.25, -0.2) is 0 Å². The Labute approximate surface area is 218 Å². The zero-order valence-electron chi connectivity index (χ0n) is 21.7. The number of aryl methyl sites for hydroxylation is 1. The van der Waals surface area contributed by atoms with Crippen molar-refractivity contribution in [2.75, 3.05) is 51.5 Å². The van der Waals surface area contributed by atoms with Crippen molar-refractivity contribution in [3.8, 4) is 11.1 Å². The standard InChI is InChI=1S/C28H37N5O4/c1-22-20-29-31-33(22)30-26(18-23-8-10-25(11-9-23)24-6-4-3-5-7-24)19-28(2,21-34)27(35)37-17-14-32-12-15-36-16-13-32/h3-11,20,26,30,34H,12-19,21H2,1-2H3/t26-,28+/m1/s1. The van der Waals surface area contributed by atoms with Crippen LogP contribution in [0.2, 0.25) is 0 Å². The zero-order valence-corrected chi connectivity index (χ0v) is 21.7. The van der Waals surface area contributed by atoms with Crippen LogP contribution in [0.15, 0.2) is 60.8 Å². The lowest BCUT2D eigenvalue weighted by Crippen LogP contribution is -2.43. The molecule has 0 amide bonds. The topological polar surface area (TPSA) is 102 Å². The van der Waals surface area contributed by atoms with Crippen LogP contribution in [0.1, 0.15) is 24.6 Å². The molecule has 0 aliphatic carbocycles. The van der Waals surface area contributed by atoms with E-state index in [2.05, 4.69) is 57.0 Å². The molecule has 2 heterocycles. The fourth-order valence-electron chi connectivity index (χ4n) is 4.52. The minimum absolute atomic E-state index is 0.202. The third kappa shape index (κ3) is 7.38. The van der Waals surface area contributed by atoms with Crippen molar-refractivity contribution >= 4 is 5.97 Å². The molecule has 2 atom stereocenters. The van der Waals surface area contributed by atoms with Gasteiger partial charge in [0.2, 0.25) is 0 Å². The maximum Gasteiger partial charge on any atom is 0.314 e. The molecular formula is C28H37N5O4. The third-order valence-electron chi connectivity index (χ3n) is 6.85. The van der Waals surface area contributed by atoms with Crippen molar-refractivity contribution in [2.45, 2.75) is 32.7 Å². The molecule has 37 heavy (non-hydrogen) atoms.